The average molecular weight is 472 g/mol. The summed E-state index contributed by atoms with van der Waals surface area (Å²) in [6, 6.07) is 10.7. The van der Waals surface area contributed by atoms with Gasteiger partial charge in [-0.05, 0) is 39.1 Å². The number of nitrogens with zero attached hydrogens (tertiary/aromatic N) is 5. The summed E-state index contributed by atoms with van der Waals surface area (Å²) >= 11 is 0. The molecule has 3 heterocycles. The molecule has 2 aromatic rings. The first-order valence-electron chi connectivity index (χ1n) is 11.0. The number of likely N-dealkylation sites (tertiary alicyclic amines) is 1. The Labute approximate surface area is 199 Å². The number of likely N-dealkylation sites (N-methyl/N-ethyl adjacent to an activating group) is 1. The molecule has 0 spiro atoms. The zero-order valence-electron chi connectivity index (χ0n) is 20.0. The second kappa shape index (κ2) is 12.6. The summed E-state index contributed by atoms with van der Waals surface area (Å²) in [6.45, 7) is 6.78. The van der Waals surface area contributed by atoms with E-state index in [1.165, 1.54) is 11.1 Å². The number of anilines is 1. The quantitative estimate of drug-likeness (QED) is 0.640. The highest BCUT2D eigenvalue weighted by Gasteiger charge is 2.49. The fourth-order valence-electron chi connectivity index (χ4n) is 4.78. The van der Waals surface area contributed by atoms with Gasteiger partial charge in [0.2, 0.25) is 5.91 Å². The van der Waals surface area contributed by atoms with E-state index in [1.54, 1.807) is 6.33 Å². The molecule has 0 unspecified atom stereocenters. The number of amides is 1. The van der Waals surface area contributed by atoms with Crippen molar-refractivity contribution < 1.29 is 24.6 Å². The van der Waals surface area contributed by atoms with Crippen LogP contribution in [0.4, 0.5) is 5.82 Å². The fraction of sp³-hybridized carbons (Fsp3) is 0.458. The van der Waals surface area contributed by atoms with E-state index in [9.17, 15) is 4.79 Å². The third-order valence-electron chi connectivity index (χ3n) is 6.06. The number of fused-ring (bicyclic) bond motifs is 1. The van der Waals surface area contributed by atoms with Crippen molar-refractivity contribution in [3.8, 4) is 0 Å². The summed E-state index contributed by atoms with van der Waals surface area (Å²) < 4.78 is 0. The monoisotopic (exact) mass is 471 g/mol. The lowest BCUT2D eigenvalue weighted by molar-refractivity contribution is -0.133. The third-order valence-corrected chi connectivity index (χ3v) is 6.06. The van der Waals surface area contributed by atoms with Crippen molar-refractivity contribution in [2.24, 2.45) is 11.8 Å². The molecule has 0 aliphatic carbocycles. The number of hydrogen-bond donors (Lipinski definition) is 2. The molecular weight excluding hydrogens is 438 g/mol. The van der Waals surface area contributed by atoms with E-state index in [1.807, 2.05) is 25.9 Å². The Bertz CT molecular complexity index is 964. The van der Waals surface area contributed by atoms with Crippen molar-refractivity contribution in [2.75, 3.05) is 45.2 Å². The summed E-state index contributed by atoms with van der Waals surface area (Å²) in [5.74, 6) is 2.10. The minimum atomic E-state index is -0.250. The number of hydrogen-bond acceptors (Lipinski definition) is 7. The van der Waals surface area contributed by atoms with Gasteiger partial charge in [0.1, 0.15) is 12.1 Å². The van der Waals surface area contributed by atoms with Crippen LogP contribution in [0.15, 0.2) is 36.7 Å². The molecule has 10 nitrogen and oxygen atoms in total. The number of carbonyl (C=O) groups is 3. The van der Waals surface area contributed by atoms with Crippen molar-refractivity contribution in [2.45, 2.75) is 19.9 Å². The minimum Gasteiger partial charge on any atom is -0.483 e. The summed E-state index contributed by atoms with van der Waals surface area (Å²) in [5.41, 5.74) is 3.52. The normalized spacial score (nSPS) is 20.6. The SMILES string of the molecule is Cc1cc(N2C[C@@H]3CN(C(=O)CN(C)C)[C@@H](c4ccccc4C)[C@@H]3C2)ncn1.O=CO.O=CO. The predicted octanol–water partition coefficient (Wildman–Crippen LogP) is 1.69. The highest BCUT2D eigenvalue weighted by Crippen LogP contribution is 2.46. The first-order chi connectivity index (χ1) is 16.3. The summed E-state index contributed by atoms with van der Waals surface area (Å²) in [5, 5.41) is 13.8. The Morgan fingerprint density at radius 1 is 1.09 bits per heavy atom. The molecule has 2 fully saturated rings. The zero-order chi connectivity index (χ0) is 25.3. The van der Waals surface area contributed by atoms with E-state index >= 15 is 0 Å². The maximum absolute atomic E-state index is 13.0. The molecule has 2 saturated heterocycles. The number of carboxylic acid groups (broad SMARTS) is 2. The van der Waals surface area contributed by atoms with E-state index in [0.29, 0.717) is 18.4 Å². The van der Waals surface area contributed by atoms with Crippen molar-refractivity contribution in [3.05, 3.63) is 53.5 Å². The highest BCUT2D eigenvalue weighted by molar-refractivity contribution is 5.79. The number of benzene rings is 1. The molecule has 0 radical (unpaired) electrons. The van der Waals surface area contributed by atoms with Crippen molar-refractivity contribution in [1.82, 2.24) is 19.8 Å². The van der Waals surface area contributed by atoms with Gasteiger partial charge in [-0.3, -0.25) is 14.4 Å². The van der Waals surface area contributed by atoms with Crippen molar-refractivity contribution in [3.63, 3.8) is 0 Å². The van der Waals surface area contributed by atoms with Crippen LogP contribution in [-0.2, 0) is 14.4 Å². The third kappa shape index (κ3) is 6.50. The van der Waals surface area contributed by atoms with Gasteiger partial charge >= 0.3 is 0 Å². The van der Waals surface area contributed by atoms with Crippen LogP contribution in [0.25, 0.3) is 0 Å². The summed E-state index contributed by atoms with van der Waals surface area (Å²) in [4.78, 5) is 44.9. The number of aryl methyl sites for hydroxylation is 2. The van der Waals surface area contributed by atoms with E-state index in [-0.39, 0.29) is 24.9 Å². The highest BCUT2D eigenvalue weighted by atomic mass is 16.3. The summed E-state index contributed by atoms with van der Waals surface area (Å²) in [6.07, 6.45) is 1.64. The largest absolute Gasteiger partial charge is 0.483 e. The Balaban J connectivity index is 0.000000618. The van der Waals surface area contributed by atoms with E-state index in [4.69, 9.17) is 19.8 Å². The molecule has 2 N–H and O–H groups in total. The van der Waals surface area contributed by atoms with Gasteiger partial charge in [0, 0.05) is 43.2 Å². The van der Waals surface area contributed by atoms with Crippen LogP contribution < -0.4 is 4.90 Å². The molecule has 1 aromatic heterocycles. The van der Waals surface area contributed by atoms with Gasteiger partial charge in [0.15, 0.2) is 0 Å². The van der Waals surface area contributed by atoms with Gasteiger partial charge in [-0.1, -0.05) is 24.3 Å². The molecule has 184 valence electrons. The van der Waals surface area contributed by atoms with Crippen LogP contribution in [0.5, 0.6) is 0 Å². The molecule has 3 atom stereocenters. The van der Waals surface area contributed by atoms with Gasteiger partial charge in [-0.15, -0.1) is 0 Å². The Kier molecular flexibility index (Phi) is 9.93. The van der Waals surface area contributed by atoms with Gasteiger partial charge in [0.05, 0.1) is 12.6 Å². The fourth-order valence-corrected chi connectivity index (χ4v) is 4.78. The molecule has 10 heteroatoms. The lowest BCUT2D eigenvalue weighted by atomic mass is 9.87. The maximum Gasteiger partial charge on any atom is 0.290 e. The standard InChI is InChI=1S/C22H29N5O.2CH2O2/c1-15-7-5-6-8-18(15)22-19-12-26(20-9-16(2)23-14-24-20)10-17(19)11-27(22)21(28)13-25(3)4;2*2-1-3/h5-9,14,17,19,22H,10-13H2,1-4H3;2*1H,(H,2,3)/t17-,19-,22+;;/m1../s1. The molecule has 34 heavy (non-hydrogen) atoms. The van der Waals surface area contributed by atoms with Crippen LogP contribution in [-0.4, -0.2) is 89.1 Å². The Hall–Kier alpha value is -3.53. The molecule has 1 aromatic carbocycles. The lowest BCUT2D eigenvalue weighted by Gasteiger charge is -2.32. The van der Waals surface area contributed by atoms with Gasteiger partial charge in [-0.2, -0.15) is 0 Å². The van der Waals surface area contributed by atoms with Gasteiger partial charge in [0.25, 0.3) is 12.9 Å². The average Bonchev–Trinajstić information content (AvgIpc) is 3.33. The van der Waals surface area contributed by atoms with Gasteiger partial charge in [-0.25, -0.2) is 9.97 Å². The van der Waals surface area contributed by atoms with Crippen LogP contribution in [0.3, 0.4) is 0 Å². The zero-order valence-corrected chi connectivity index (χ0v) is 20.0. The topological polar surface area (TPSA) is 127 Å². The molecule has 1 amide bonds. The molecule has 0 bridgehead atoms. The van der Waals surface area contributed by atoms with Crippen LogP contribution in [0, 0.1) is 25.7 Å². The number of carbonyl (C=O) groups excluding carboxylic acids is 1. The molecular formula is C24H33N5O5. The lowest BCUT2D eigenvalue weighted by Crippen LogP contribution is -2.40. The number of aromatic nitrogens is 2. The molecule has 2 aliphatic rings. The van der Waals surface area contributed by atoms with Crippen molar-refractivity contribution >= 4 is 24.7 Å². The van der Waals surface area contributed by atoms with Crippen molar-refractivity contribution in [1.29, 1.82) is 0 Å². The molecule has 4 rings (SSSR count). The van der Waals surface area contributed by atoms with E-state index in [2.05, 4.69) is 57.0 Å². The summed E-state index contributed by atoms with van der Waals surface area (Å²) in [7, 11) is 3.91. The maximum atomic E-state index is 13.0. The predicted molar refractivity (Wildman–Crippen MR) is 128 cm³/mol. The van der Waals surface area contributed by atoms with Crippen LogP contribution in [0.1, 0.15) is 22.9 Å². The first kappa shape index (κ1) is 26.7. The second-order valence-corrected chi connectivity index (χ2v) is 8.64. The smallest absolute Gasteiger partial charge is 0.290 e. The van der Waals surface area contributed by atoms with E-state index in [0.717, 1.165) is 31.1 Å². The van der Waals surface area contributed by atoms with E-state index < -0.39 is 0 Å². The Morgan fingerprint density at radius 3 is 2.32 bits per heavy atom. The van der Waals surface area contributed by atoms with Crippen LogP contribution in [0.2, 0.25) is 0 Å². The van der Waals surface area contributed by atoms with Gasteiger partial charge < -0.3 is 24.9 Å². The number of rotatable bonds is 4. The molecule has 2 aliphatic heterocycles. The minimum absolute atomic E-state index is 0.131. The van der Waals surface area contributed by atoms with Crippen LogP contribution >= 0.6 is 0 Å². The molecule has 0 saturated carbocycles. The second-order valence-electron chi connectivity index (χ2n) is 8.64. The Morgan fingerprint density at radius 2 is 1.74 bits per heavy atom. The first-order valence-corrected chi connectivity index (χ1v) is 11.0.